The van der Waals surface area contributed by atoms with Gasteiger partial charge in [-0.05, 0) is 197 Å². The Morgan fingerprint density at radius 3 is 1.09 bits per heavy atom. The van der Waals surface area contributed by atoms with Crippen molar-refractivity contribution in [3.63, 3.8) is 0 Å². The third-order valence-corrected chi connectivity index (χ3v) is 22.1. The van der Waals surface area contributed by atoms with Gasteiger partial charge in [0.2, 0.25) is 5.56 Å². The van der Waals surface area contributed by atoms with Crippen LogP contribution in [0.1, 0.15) is 37.8 Å². The molecule has 27 nitrogen and oxygen atoms in total. The molecule has 7 aromatic heterocycles. The van der Waals surface area contributed by atoms with Gasteiger partial charge in [0.25, 0.3) is 22.2 Å². The molecule has 5 N–H and O–H groups in total. The van der Waals surface area contributed by atoms with E-state index in [0.29, 0.717) is 50.0 Å². The van der Waals surface area contributed by atoms with E-state index in [0.717, 1.165) is 95.8 Å². The average Bonchev–Trinajstić information content (AvgIpc) is 0.805. The van der Waals surface area contributed by atoms with Crippen molar-refractivity contribution in [1.29, 1.82) is 0 Å². The topological polar surface area (TPSA) is 269 Å². The largest absolute Gasteiger partial charge is 0.370 e. The summed E-state index contributed by atoms with van der Waals surface area (Å²) in [6, 6.07) is 51.0. The van der Waals surface area contributed by atoms with Gasteiger partial charge in [0.15, 0.2) is 23.3 Å². The molecule has 10 heterocycles. The summed E-state index contributed by atoms with van der Waals surface area (Å²) in [5.41, 5.74) is 5.16. The maximum Gasteiger partial charge on any atom is 0.276 e. The number of likely N-dealkylation sites (N-methyl/N-ethyl adjacent to an activating group) is 4. The van der Waals surface area contributed by atoms with Crippen molar-refractivity contribution in [2.45, 2.75) is 74.5 Å². The fraction of sp³-hybridized carbons (Fsp3) is 0.361. The van der Waals surface area contributed by atoms with Gasteiger partial charge in [-0.25, -0.2) is 18.7 Å². The second-order valence-electron chi connectivity index (χ2n) is 29.8. The number of anilines is 7. The van der Waals surface area contributed by atoms with E-state index in [1.54, 1.807) is 77.1 Å². The molecule has 30 heteroatoms. The number of piperidine rings is 3. The summed E-state index contributed by atoms with van der Waals surface area (Å²) in [6.45, 7) is 7.48. The molecule has 8 atom stereocenters. The summed E-state index contributed by atoms with van der Waals surface area (Å²) >= 11 is 18.1. The normalized spacial score (nSPS) is 18.3. The fourth-order valence-corrected chi connectivity index (χ4v) is 15.7. The number of nitrogens with zero attached hydrogens (tertiary/aromatic N) is 17. The molecule has 0 unspecified atom stereocenters. The second-order valence-corrected chi connectivity index (χ2v) is 31.1. The van der Waals surface area contributed by atoms with Gasteiger partial charge in [-0.1, -0.05) is 77.3 Å². The van der Waals surface area contributed by atoms with Crippen LogP contribution in [0.5, 0.6) is 0 Å². The molecule has 3 fully saturated rings. The fourth-order valence-electron chi connectivity index (χ4n) is 15.4. The standard InChI is InChI=1S/C22H26ClN5O.2C21H25ClN6O.C19H23N5O2/c1-26(2)20-14-28(16-10-8-15(23)9-11-16)13-12-19(20)24-21-17-6-4-5-7-18(17)22(29)27(3)25-21;2*1-26(2)18-13-28(15-8-6-14(22)7-9-15)12-10-17(18)24-20-19-16(5-4-11-23-19)21(29)27(3)25-20;1-12(17(23(2)3)13-9-10-16(25)20-11-13)21-18-14-7-5-6-8-15(14)19(26)24(4)22-18/h4-11,19-20H,12-14H2,1-3H3,(H,24,25);2*4-9,11,17-18H,10,12-13H2,1-3H3,(H,24,25);5-12,17H,1-4H3,(H,20,25)(H,21,22)/t19-,20+;2*17-,18+;12-,17+/m0100/s1. The summed E-state index contributed by atoms with van der Waals surface area (Å²) in [4.78, 5) is 88.3. The third-order valence-electron chi connectivity index (χ3n) is 21.3. The number of hydrogen-bond donors (Lipinski definition) is 5. The van der Waals surface area contributed by atoms with E-state index in [1.165, 1.54) is 41.9 Å². The summed E-state index contributed by atoms with van der Waals surface area (Å²) in [6.07, 6.45) is 7.96. The van der Waals surface area contributed by atoms with E-state index in [1.807, 2.05) is 99.0 Å². The van der Waals surface area contributed by atoms with Crippen LogP contribution in [0, 0.1) is 0 Å². The van der Waals surface area contributed by atoms with Crippen LogP contribution >= 0.6 is 34.8 Å². The highest BCUT2D eigenvalue weighted by Gasteiger charge is 2.36. The Kier molecular flexibility index (Phi) is 26.3. The molecule has 5 aromatic carbocycles. The highest BCUT2D eigenvalue weighted by atomic mass is 35.5. The average molecular weight is 1590 g/mol. The van der Waals surface area contributed by atoms with Gasteiger partial charge in [-0.2, -0.15) is 20.4 Å². The number of aromatic nitrogens is 11. The predicted molar refractivity (Wildman–Crippen MR) is 460 cm³/mol. The third kappa shape index (κ3) is 19.1. The summed E-state index contributed by atoms with van der Waals surface area (Å²) in [5.74, 6) is 2.73. The number of nitrogens with one attached hydrogen (secondary N) is 5. The summed E-state index contributed by atoms with van der Waals surface area (Å²) in [7, 11) is 23.3. The van der Waals surface area contributed by atoms with Crippen LogP contribution in [0.3, 0.4) is 0 Å². The Bertz CT molecular complexity index is 5180. The molecule has 0 bridgehead atoms. The van der Waals surface area contributed by atoms with Crippen LogP contribution in [-0.2, 0) is 28.2 Å². The van der Waals surface area contributed by atoms with Gasteiger partial charge in [0, 0.05) is 177 Å². The zero-order chi connectivity index (χ0) is 80.5. The second kappa shape index (κ2) is 36.4. The van der Waals surface area contributed by atoms with E-state index in [4.69, 9.17) is 34.8 Å². The quantitative estimate of drug-likeness (QED) is 0.0567. The highest BCUT2D eigenvalue weighted by Crippen LogP contribution is 2.32. The molecule has 12 aromatic rings. The monoisotopic (exact) mass is 1590 g/mol. The molecule has 592 valence electrons. The number of H-pyrrole nitrogens is 1. The van der Waals surface area contributed by atoms with Crippen LogP contribution in [0.25, 0.3) is 43.4 Å². The van der Waals surface area contributed by atoms with E-state index in [-0.39, 0.29) is 76.1 Å². The Labute approximate surface area is 671 Å². The predicted octanol–water partition coefficient (Wildman–Crippen LogP) is 10.1. The van der Waals surface area contributed by atoms with Crippen molar-refractivity contribution >= 4 is 118 Å². The Morgan fingerprint density at radius 2 is 0.735 bits per heavy atom. The molecule has 3 aliphatic rings. The van der Waals surface area contributed by atoms with Crippen molar-refractivity contribution in [3.05, 3.63) is 249 Å². The molecule has 0 radical (unpaired) electrons. The van der Waals surface area contributed by atoms with Crippen LogP contribution in [-0.4, -0.2) is 212 Å². The molecule has 113 heavy (non-hydrogen) atoms. The van der Waals surface area contributed by atoms with Gasteiger partial charge in [0.05, 0.1) is 27.6 Å². The van der Waals surface area contributed by atoms with Gasteiger partial charge < -0.3 is 60.6 Å². The number of rotatable bonds is 17. The van der Waals surface area contributed by atoms with Crippen molar-refractivity contribution in [2.24, 2.45) is 28.2 Å². The zero-order valence-electron chi connectivity index (χ0n) is 66.0. The first-order valence-electron chi connectivity index (χ1n) is 37.7. The van der Waals surface area contributed by atoms with Crippen molar-refractivity contribution in [1.82, 2.24) is 73.7 Å². The van der Waals surface area contributed by atoms with Crippen molar-refractivity contribution < 1.29 is 0 Å². The van der Waals surface area contributed by atoms with Crippen LogP contribution in [0.4, 0.5) is 40.3 Å². The number of aryl methyl sites for hydroxylation is 4. The molecule has 15 rings (SSSR count). The van der Waals surface area contributed by atoms with Gasteiger partial charge in [0.1, 0.15) is 11.0 Å². The Morgan fingerprint density at radius 1 is 0.407 bits per heavy atom. The number of benzene rings is 5. The first kappa shape index (κ1) is 81.7. The van der Waals surface area contributed by atoms with Gasteiger partial charge in [-0.3, -0.25) is 33.9 Å². The number of halogens is 3. The minimum atomic E-state index is -0.139. The van der Waals surface area contributed by atoms with Gasteiger partial charge >= 0.3 is 0 Å². The maximum atomic E-state index is 12.4. The van der Waals surface area contributed by atoms with Gasteiger partial charge in [-0.15, -0.1) is 0 Å². The molecular weight excluding hydrogens is 1490 g/mol. The van der Waals surface area contributed by atoms with Crippen LogP contribution < -0.4 is 63.8 Å². The summed E-state index contributed by atoms with van der Waals surface area (Å²) < 4.78 is 5.51. The molecule has 3 saturated heterocycles. The first-order chi connectivity index (χ1) is 54.2. The molecule has 0 saturated carbocycles. The lowest BCUT2D eigenvalue weighted by Gasteiger charge is -2.43. The molecular formula is C83H99Cl3N22O5. The zero-order valence-corrected chi connectivity index (χ0v) is 68.3. The van der Waals surface area contributed by atoms with Crippen LogP contribution in [0.2, 0.25) is 15.1 Å². The highest BCUT2D eigenvalue weighted by molar-refractivity contribution is 6.31. The number of pyridine rings is 3. The lowest BCUT2D eigenvalue weighted by Crippen LogP contribution is -2.56. The minimum Gasteiger partial charge on any atom is -0.370 e. The van der Waals surface area contributed by atoms with Crippen LogP contribution in [0.15, 0.2) is 200 Å². The number of aromatic amines is 1. The van der Waals surface area contributed by atoms with E-state index < -0.39 is 0 Å². The first-order valence-corrected chi connectivity index (χ1v) is 38.8. The number of fused-ring (bicyclic) bond motifs is 4. The molecule has 0 amide bonds. The number of hydrogen-bond acceptors (Lipinski definition) is 22. The maximum absolute atomic E-state index is 12.4. The molecule has 0 spiro atoms. The van der Waals surface area contributed by atoms with E-state index >= 15 is 0 Å². The smallest absolute Gasteiger partial charge is 0.276 e. The minimum absolute atomic E-state index is 0.00430. The molecule has 3 aliphatic heterocycles. The lowest BCUT2D eigenvalue weighted by atomic mass is 9.97. The Hall–Kier alpha value is -10.8. The van der Waals surface area contributed by atoms with Crippen molar-refractivity contribution in [3.8, 4) is 0 Å². The van der Waals surface area contributed by atoms with E-state index in [2.05, 4.69) is 177 Å². The lowest BCUT2D eigenvalue weighted by molar-refractivity contribution is 0.239. The van der Waals surface area contributed by atoms with Crippen molar-refractivity contribution in [2.75, 3.05) is 132 Å². The SMILES string of the molecule is CN(C)[C@@H]1CN(c2ccc(Cl)cc2)CC[C@@H]1Nc1nn(C)c(=O)c2ccccc12.CN(C)[C@@H]1CN(c2ccc(Cl)cc2)CC[C@@H]1Nc1nn(C)c(=O)c2cccnc12.CN(C)[C@H]1CN(c2ccc(Cl)cc2)CC[C@H]1Nc1nn(C)c(=O)c2cccnc12.C[C@H](Nc1nn(C)c(=O)c2ccccc12)[C@H](c1ccc(=O)[nH]c1)N(C)C. The summed E-state index contributed by atoms with van der Waals surface area (Å²) in [5, 5.41) is 38.5. The molecule has 0 aliphatic carbocycles. The van der Waals surface area contributed by atoms with E-state index in [9.17, 15) is 24.0 Å². The Balaban J connectivity index is 0.000000140.